The Morgan fingerprint density at radius 1 is 1.33 bits per heavy atom. The molecule has 2 aliphatic heterocycles. The van der Waals surface area contributed by atoms with Crippen molar-refractivity contribution in [3.05, 3.63) is 36.4 Å². The van der Waals surface area contributed by atoms with E-state index in [4.69, 9.17) is 9.98 Å². The number of imidazole rings is 2. The smallest absolute Gasteiger partial charge is 0.194 e. The first-order valence-corrected chi connectivity index (χ1v) is 10.3. The molecule has 2 atom stereocenters. The molecule has 7 heteroatoms. The summed E-state index contributed by atoms with van der Waals surface area (Å²) in [5.74, 6) is 2.86. The van der Waals surface area contributed by atoms with Gasteiger partial charge in [-0.2, -0.15) is 0 Å². The Labute approximate surface area is 161 Å². The van der Waals surface area contributed by atoms with Crippen LogP contribution in [0.2, 0.25) is 0 Å². The van der Waals surface area contributed by atoms with Gasteiger partial charge >= 0.3 is 0 Å². The molecule has 7 nitrogen and oxygen atoms in total. The van der Waals surface area contributed by atoms with E-state index in [0.29, 0.717) is 18.5 Å². The largest absolute Gasteiger partial charge is 0.357 e. The van der Waals surface area contributed by atoms with Crippen LogP contribution in [-0.4, -0.2) is 49.6 Å². The normalized spacial score (nSPS) is 23.3. The highest BCUT2D eigenvalue weighted by Crippen LogP contribution is 2.27. The van der Waals surface area contributed by atoms with Crippen LogP contribution in [0.15, 0.2) is 29.9 Å². The SMILES string of the molecule is CCNC(=NCc1cn2c(n1)CCCC2)N1CCC(C)C(n2ccnc2)C1. The molecule has 0 aliphatic carbocycles. The molecule has 1 fully saturated rings. The second-order valence-corrected chi connectivity index (χ2v) is 7.76. The molecule has 0 bridgehead atoms. The van der Waals surface area contributed by atoms with E-state index in [1.165, 1.54) is 18.7 Å². The molecule has 27 heavy (non-hydrogen) atoms. The zero-order valence-corrected chi connectivity index (χ0v) is 16.5. The molecular formula is C20H31N7. The van der Waals surface area contributed by atoms with Gasteiger partial charge in [-0.05, 0) is 32.1 Å². The lowest BCUT2D eigenvalue weighted by molar-refractivity contribution is 0.189. The maximum absolute atomic E-state index is 4.92. The number of aromatic nitrogens is 4. The van der Waals surface area contributed by atoms with Crippen molar-refractivity contribution >= 4 is 5.96 Å². The lowest BCUT2D eigenvalue weighted by atomic mass is 9.93. The summed E-state index contributed by atoms with van der Waals surface area (Å²) < 4.78 is 4.54. The van der Waals surface area contributed by atoms with Gasteiger partial charge in [0.05, 0.1) is 24.6 Å². The van der Waals surface area contributed by atoms with E-state index in [1.807, 2.05) is 12.5 Å². The fourth-order valence-corrected chi connectivity index (χ4v) is 4.22. The molecular weight excluding hydrogens is 338 g/mol. The van der Waals surface area contributed by atoms with Gasteiger partial charge < -0.3 is 19.4 Å². The number of rotatable bonds is 4. The summed E-state index contributed by atoms with van der Waals surface area (Å²) in [6, 6.07) is 0.435. The number of piperidine rings is 1. The van der Waals surface area contributed by atoms with Crippen LogP contribution < -0.4 is 5.32 Å². The van der Waals surface area contributed by atoms with E-state index in [9.17, 15) is 0 Å². The van der Waals surface area contributed by atoms with Crippen LogP contribution in [0.3, 0.4) is 0 Å². The van der Waals surface area contributed by atoms with Crippen LogP contribution in [0, 0.1) is 5.92 Å². The zero-order valence-electron chi connectivity index (χ0n) is 16.5. The standard InChI is InChI=1S/C20H31N7/c1-3-22-20(23-12-17-13-25-9-5-4-6-19(25)24-17)26-10-7-16(2)18(14-26)27-11-8-21-15-27/h8,11,13,15-16,18H,3-7,9-10,12,14H2,1-2H3,(H,22,23). The highest BCUT2D eigenvalue weighted by Gasteiger charge is 2.29. The molecule has 0 radical (unpaired) electrons. The minimum Gasteiger partial charge on any atom is -0.357 e. The molecule has 2 aliphatic rings. The van der Waals surface area contributed by atoms with Crippen LogP contribution in [0.4, 0.5) is 0 Å². The summed E-state index contributed by atoms with van der Waals surface area (Å²) in [4.78, 5) is 16.3. The molecule has 0 saturated carbocycles. The Balaban J connectivity index is 1.48. The van der Waals surface area contributed by atoms with Crippen LogP contribution in [-0.2, 0) is 19.5 Å². The maximum Gasteiger partial charge on any atom is 0.194 e. The van der Waals surface area contributed by atoms with Gasteiger partial charge in [-0.1, -0.05) is 6.92 Å². The Morgan fingerprint density at radius 2 is 2.26 bits per heavy atom. The van der Waals surface area contributed by atoms with E-state index in [2.05, 4.69) is 50.6 Å². The van der Waals surface area contributed by atoms with E-state index in [1.54, 1.807) is 0 Å². The second-order valence-electron chi connectivity index (χ2n) is 7.76. The highest BCUT2D eigenvalue weighted by atomic mass is 15.3. The fourth-order valence-electron chi connectivity index (χ4n) is 4.22. The number of guanidine groups is 1. The summed E-state index contributed by atoms with van der Waals surface area (Å²) >= 11 is 0. The number of likely N-dealkylation sites (tertiary alicyclic amines) is 1. The molecule has 4 rings (SSSR count). The third-order valence-electron chi connectivity index (χ3n) is 5.81. The lowest BCUT2D eigenvalue weighted by Crippen LogP contribution is -2.49. The minimum absolute atomic E-state index is 0.435. The summed E-state index contributed by atoms with van der Waals surface area (Å²) in [5, 5.41) is 3.48. The minimum atomic E-state index is 0.435. The monoisotopic (exact) mass is 369 g/mol. The maximum atomic E-state index is 4.92. The molecule has 0 spiro atoms. The third-order valence-corrected chi connectivity index (χ3v) is 5.81. The molecule has 2 aromatic rings. The quantitative estimate of drug-likeness (QED) is 0.664. The average Bonchev–Trinajstić information content (AvgIpc) is 3.35. The zero-order chi connectivity index (χ0) is 18.6. The number of hydrogen-bond donors (Lipinski definition) is 1. The van der Waals surface area contributed by atoms with Gasteiger partial charge in [-0.25, -0.2) is 15.0 Å². The van der Waals surface area contributed by atoms with E-state index >= 15 is 0 Å². The highest BCUT2D eigenvalue weighted by molar-refractivity contribution is 5.80. The van der Waals surface area contributed by atoms with E-state index < -0.39 is 0 Å². The van der Waals surface area contributed by atoms with Gasteiger partial charge in [0, 0.05) is 51.2 Å². The first-order chi connectivity index (χ1) is 13.2. The second kappa shape index (κ2) is 8.15. The van der Waals surface area contributed by atoms with E-state index in [-0.39, 0.29) is 0 Å². The Morgan fingerprint density at radius 3 is 3.04 bits per heavy atom. The van der Waals surface area contributed by atoms with Crippen molar-refractivity contribution in [3.63, 3.8) is 0 Å². The molecule has 146 valence electrons. The number of nitrogens with one attached hydrogen (secondary N) is 1. The molecule has 1 saturated heterocycles. The third kappa shape index (κ3) is 4.01. The molecule has 4 heterocycles. The van der Waals surface area contributed by atoms with Crippen molar-refractivity contribution < 1.29 is 0 Å². The van der Waals surface area contributed by atoms with Crippen LogP contribution in [0.25, 0.3) is 0 Å². The predicted octanol–water partition coefficient (Wildman–Crippen LogP) is 2.46. The molecule has 2 unspecified atom stereocenters. The van der Waals surface area contributed by atoms with Gasteiger partial charge in [0.2, 0.25) is 0 Å². The molecule has 2 aromatic heterocycles. The summed E-state index contributed by atoms with van der Waals surface area (Å²) in [6.07, 6.45) is 12.8. The average molecular weight is 370 g/mol. The Bertz CT molecular complexity index is 738. The molecule has 0 amide bonds. The summed E-state index contributed by atoms with van der Waals surface area (Å²) in [5.41, 5.74) is 1.08. The van der Waals surface area contributed by atoms with Crippen molar-refractivity contribution in [1.82, 2.24) is 29.3 Å². The summed E-state index contributed by atoms with van der Waals surface area (Å²) in [7, 11) is 0. The van der Waals surface area contributed by atoms with Gasteiger partial charge in [0.25, 0.3) is 0 Å². The number of aryl methyl sites for hydroxylation is 2. The van der Waals surface area contributed by atoms with Gasteiger partial charge in [-0.3, -0.25) is 0 Å². The van der Waals surface area contributed by atoms with Crippen LogP contribution in [0.5, 0.6) is 0 Å². The molecule has 0 aromatic carbocycles. The Hall–Kier alpha value is -2.31. The molecule has 1 N–H and O–H groups in total. The van der Waals surface area contributed by atoms with Crippen LogP contribution in [0.1, 0.15) is 50.7 Å². The number of nitrogens with zero attached hydrogens (tertiary/aromatic N) is 6. The first-order valence-electron chi connectivity index (χ1n) is 10.3. The number of fused-ring (bicyclic) bond motifs is 1. The number of hydrogen-bond acceptors (Lipinski definition) is 3. The van der Waals surface area contributed by atoms with Gasteiger partial charge in [0.15, 0.2) is 5.96 Å². The lowest BCUT2D eigenvalue weighted by Gasteiger charge is -2.39. The van der Waals surface area contributed by atoms with Crippen molar-refractivity contribution in [2.75, 3.05) is 19.6 Å². The van der Waals surface area contributed by atoms with Crippen molar-refractivity contribution in [2.24, 2.45) is 10.9 Å². The van der Waals surface area contributed by atoms with Gasteiger partial charge in [0.1, 0.15) is 5.82 Å². The predicted molar refractivity (Wildman–Crippen MR) is 107 cm³/mol. The topological polar surface area (TPSA) is 63.3 Å². The van der Waals surface area contributed by atoms with Crippen molar-refractivity contribution in [1.29, 1.82) is 0 Å². The Kier molecular flexibility index (Phi) is 5.45. The first kappa shape index (κ1) is 18.1. The number of aliphatic imine (C=N–C) groups is 1. The fraction of sp³-hybridized carbons (Fsp3) is 0.650. The van der Waals surface area contributed by atoms with Crippen molar-refractivity contribution in [3.8, 4) is 0 Å². The van der Waals surface area contributed by atoms with Crippen molar-refractivity contribution in [2.45, 2.75) is 58.7 Å². The van der Waals surface area contributed by atoms with E-state index in [0.717, 1.165) is 50.7 Å². The summed E-state index contributed by atoms with van der Waals surface area (Å²) in [6.45, 7) is 9.08. The van der Waals surface area contributed by atoms with Gasteiger partial charge in [-0.15, -0.1) is 0 Å². The van der Waals surface area contributed by atoms with Crippen LogP contribution >= 0.6 is 0 Å².